The van der Waals surface area contributed by atoms with Crippen molar-refractivity contribution in [1.82, 2.24) is 0 Å². The zero-order valence-corrected chi connectivity index (χ0v) is 10.8. The molecule has 1 aliphatic rings. The van der Waals surface area contributed by atoms with E-state index in [9.17, 15) is 4.79 Å². The zero-order chi connectivity index (χ0) is 11.8. The fourth-order valence-electron chi connectivity index (χ4n) is 2.29. The van der Waals surface area contributed by atoms with Gasteiger partial charge in [-0.2, -0.15) is 0 Å². The Bertz CT molecular complexity index is 418. The van der Waals surface area contributed by atoms with Crippen molar-refractivity contribution in [3.63, 3.8) is 0 Å². The van der Waals surface area contributed by atoms with Crippen molar-refractivity contribution in [3.05, 3.63) is 24.3 Å². The number of fused-ring (bicyclic) bond motifs is 1. The summed E-state index contributed by atoms with van der Waals surface area (Å²) in [5.74, 6) is 0.258. The van der Waals surface area contributed by atoms with Crippen LogP contribution in [0.2, 0.25) is 0 Å². The largest absolute Gasteiger partial charge is 0.358 e. The highest BCUT2D eigenvalue weighted by atomic mass is 32.2. The van der Waals surface area contributed by atoms with Crippen molar-refractivity contribution in [2.45, 2.75) is 36.5 Å². The van der Waals surface area contributed by atoms with Gasteiger partial charge in [0.1, 0.15) is 5.78 Å². The lowest BCUT2D eigenvalue weighted by Crippen LogP contribution is -2.41. The third-order valence-electron chi connectivity index (χ3n) is 3.22. The first-order chi connectivity index (χ1) is 7.59. The highest BCUT2D eigenvalue weighted by Crippen LogP contribution is 2.52. The Balaban J connectivity index is 2.37. The van der Waals surface area contributed by atoms with Crippen molar-refractivity contribution >= 4 is 23.2 Å². The van der Waals surface area contributed by atoms with Crippen molar-refractivity contribution in [2.24, 2.45) is 0 Å². The fourth-order valence-corrected chi connectivity index (χ4v) is 3.81. The van der Waals surface area contributed by atoms with Crippen LogP contribution in [0.15, 0.2) is 29.2 Å². The van der Waals surface area contributed by atoms with Gasteiger partial charge in [-0.1, -0.05) is 30.8 Å². The highest BCUT2D eigenvalue weighted by Gasteiger charge is 2.41. The second-order valence-electron chi connectivity index (χ2n) is 4.31. The number of hydrogen-bond donors (Lipinski definition) is 0. The molecule has 0 N–H and O–H groups in total. The molecule has 16 heavy (non-hydrogen) atoms. The van der Waals surface area contributed by atoms with Crippen LogP contribution in [0, 0.1) is 0 Å². The standard InChI is InChI=1S/C13H17NOS/c1-4-13(9-10(2)15)14(3)11-7-5-6-8-12(11)16-13/h5-8H,4,9H2,1-3H3. The van der Waals surface area contributed by atoms with Crippen molar-refractivity contribution in [2.75, 3.05) is 11.9 Å². The SMILES string of the molecule is CCC1(CC(C)=O)Sc2ccccc2N1C. The van der Waals surface area contributed by atoms with Crippen molar-refractivity contribution in [3.8, 4) is 0 Å². The highest BCUT2D eigenvalue weighted by molar-refractivity contribution is 8.01. The van der Waals surface area contributed by atoms with Crippen LogP contribution >= 0.6 is 11.8 Å². The number of benzene rings is 1. The minimum Gasteiger partial charge on any atom is -0.358 e. The Hall–Kier alpha value is -0.960. The zero-order valence-electron chi connectivity index (χ0n) is 9.99. The van der Waals surface area contributed by atoms with Crippen LogP contribution in [0.5, 0.6) is 0 Å². The molecule has 0 radical (unpaired) electrons. The molecule has 1 atom stereocenters. The van der Waals surface area contributed by atoms with Crippen LogP contribution in [0.25, 0.3) is 0 Å². The Labute approximate surface area is 101 Å². The molecule has 0 saturated carbocycles. The maximum Gasteiger partial charge on any atom is 0.133 e. The summed E-state index contributed by atoms with van der Waals surface area (Å²) in [6.45, 7) is 3.83. The van der Waals surface area contributed by atoms with E-state index in [1.807, 2.05) is 11.8 Å². The first-order valence-electron chi connectivity index (χ1n) is 5.60. The number of nitrogens with zero attached hydrogens (tertiary/aromatic N) is 1. The fraction of sp³-hybridized carbons (Fsp3) is 0.462. The molecular formula is C13H17NOS. The molecule has 1 aromatic rings. The number of anilines is 1. The van der Waals surface area contributed by atoms with E-state index in [-0.39, 0.29) is 10.7 Å². The molecule has 3 heteroatoms. The minimum absolute atomic E-state index is 0.0739. The summed E-state index contributed by atoms with van der Waals surface area (Å²) in [4.78, 5) is 14.9. The first kappa shape index (κ1) is 11.5. The number of carbonyl (C=O) groups excluding carboxylic acids is 1. The Morgan fingerprint density at radius 3 is 2.69 bits per heavy atom. The maximum absolute atomic E-state index is 11.4. The summed E-state index contributed by atoms with van der Waals surface area (Å²) >= 11 is 1.83. The van der Waals surface area contributed by atoms with Gasteiger partial charge in [-0.15, -0.1) is 0 Å². The van der Waals surface area contributed by atoms with E-state index in [4.69, 9.17) is 0 Å². The molecule has 0 aromatic heterocycles. The van der Waals surface area contributed by atoms with Gasteiger partial charge in [0.15, 0.2) is 0 Å². The van der Waals surface area contributed by atoms with Crippen molar-refractivity contribution in [1.29, 1.82) is 0 Å². The molecule has 1 heterocycles. The summed E-state index contributed by atoms with van der Waals surface area (Å²) < 4.78 is 0. The van der Waals surface area contributed by atoms with Crippen LogP contribution in [0.1, 0.15) is 26.7 Å². The van der Waals surface area contributed by atoms with E-state index in [1.165, 1.54) is 10.6 Å². The summed E-state index contributed by atoms with van der Waals surface area (Å²) in [5, 5.41) is 0. The average Bonchev–Trinajstić information content (AvgIpc) is 2.53. The molecule has 2 nitrogen and oxygen atoms in total. The number of para-hydroxylation sites is 1. The molecule has 1 aliphatic heterocycles. The van der Waals surface area contributed by atoms with Gasteiger partial charge >= 0.3 is 0 Å². The summed E-state index contributed by atoms with van der Waals surface area (Å²) in [6.07, 6.45) is 1.59. The smallest absolute Gasteiger partial charge is 0.133 e. The second-order valence-corrected chi connectivity index (χ2v) is 5.71. The molecule has 0 aliphatic carbocycles. The monoisotopic (exact) mass is 235 g/mol. The molecule has 0 saturated heterocycles. The molecule has 86 valence electrons. The maximum atomic E-state index is 11.4. The predicted octanol–water partition coefficient (Wildman–Crippen LogP) is 3.31. The Morgan fingerprint density at radius 1 is 1.44 bits per heavy atom. The lowest BCUT2D eigenvalue weighted by Gasteiger charge is -2.35. The Morgan fingerprint density at radius 2 is 2.12 bits per heavy atom. The van der Waals surface area contributed by atoms with Crippen LogP contribution in [0.4, 0.5) is 5.69 Å². The number of carbonyl (C=O) groups is 1. The molecule has 0 spiro atoms. The van der Waals surface area contributed by atoms with Gasteiger partial charge in [-0.3, -0.25) is 4.79 Å². The van der Waals surface area contributed by atoms with Gasteiger partial charge in [-0.25, -0.2) is 0 Å². The predicted molar refractivity (Wildman–Crippen MR) is 69.0 cm³/mol. The van der Waals surface area contributed by atoms with Gasteiger partial charge < -0.3 is 4.90 Å². The van der Waals surface area contributed by atoms with Gasteiger partial charge in [-0.05, 0) is 25.5 Å². The number of rotatable bonds is 3. The topological polar surface area (TPSA) is 20.3 Å². The van der Waals surface area contributed by atoms with E-state index in [1.54, 1.807) is 6.92 Å². The quantitative estimate of drug-likeness (QED) is 0.801. The lowest BCUT2D eigenvalue weighted by atomic mass is 10.1. The molecule has 0 bridgehead atoms. The van der Waals surface area contributed by atoms with E-state index < -0.39 is 0 Å². The number of ketones is 1. The van der Waals surface area contributed by atoms with Gasteiger partial charge in [0.05, 0.1) is 10.6 Å². The van der Waals surface area contributed by atoms with Crippen LogP contribution in [-0.4, -0.2) is 17.7 Å². The number of hydrogen-bond acceptors (Lipinski definition) is 3. The van der Waals surface area contributed by atoms with Gasteiger partial charge in [0, 0.05) is 18.4 Å². The number of thioether (sulfide) groups is 1. The van der Waals surface area contributed by atoms with Crippen LogP contribution in [-0.2, 0) is 4.79 Å². The minimum atomic E-state index is -0.0739. The first-order valence-corrected chi connectivity index (χ1v) is 6.42. The van der Waals surface area contributed by atoms with E-state index in [0.29, 0.717) is 6.42 Å². The summed E-state index contributed by atoms with van der Waals surface area (Å²) in [6, 6.07) is 8.36. The summed E-state index contributed by atoms with van der Waals surface area (Å²) in [7, 11) is 2.09. The third kappa shape index (κ3) is 1.73. The third-order valence-corrected chi connectivity index (χ3v) is 4.87. The Kier molecular flexibility index (Phi) is 2.98. The summed E-state index contributed by atoms with van der Waals surface area (Å²) in [5.41, 5.74) is 1.25. The second kappa shape index (κ2) is 4.13. The van der Waals surface area contributed by atoms with E-state index in [0.717, 1.165) is 6.42 Å². The van der Waals surface area contributed by atoms with Gasteiger partial charge in [0.2, 0.25) is 0 Å². The van der Waals surface area contributed by atoms with Gasteiger partial charge in [0.25, 0.3) is 0 Å². The lowest BCUT2D eigenvalue weighted by molar-refractivity contribution is -0.117. The van der Waals surface area contributed by atoms with Crippen LogP contribution in [0.3, 0.4) is 0 Å². The molecule has 1 unspecified atom stereocenters. The molecule has 2 rings (SSSR count). The molecule has 0 amide bonds. The number of Topliss-reactive ketones (excluding diaryl/α,β-unsaturated/α-hetero) is 1. The van der Waals surface area contributed by atoms with E-state index >= 15 is 0 Å². The molecule has 0 fully saturated rings. The van der Waals surface area contributed by atoms with Crippen molar-refractivity contribution < 1.29 is 4.79 Å². The average molecular weight is 235 g/mol. The normalized spacial score (nSPS) is 23.3. The molecular weight excluding hydrogens is 218 g/mol. The van der Waals surface area contributed by atoms with E-state index in [2.05, 4.69) is 43.1 Å². The molecule has 1 aromatic carbocycles. The van der Waals surface area contributed by atoms with Crippen LogP contribution < -0.4 is 4.90 Å².